The van der Waals surface area contributed by atoms with Gasteiger partial charge in [-0.15, -0.1) is 0 Å². The van der Waals surface area contributed by atoms with Crippen molar-refractivity contribution in [2.75, 3.05) is 13.7 Å². The standard InChI is InChI=1S/C24H22N2O5/c1-17(20-9-6-10-21(15-20)26(29)30)25(2)23(27)16-31-22-13-11-19(12-14-22)24(28)18-7-4-3-5-8-18/h3-15,17H,16H2,1-2H3/t17-/m1/s1. The second kappa shape index (κ2) is 9.67. The highest BCUT2D eigenvalue weighted by Gasteiger charge is 2.20. The third kappa shape index (κ3) is 5.33. The number of rotatable bonds is 8. The van der Waals surface area contributed by atoms with Crippen LogP contribution in [0.5, 0.6) is 5.75 Å². The minimum absolute atomic E-state index is 0.0217. The molecule has 1 amide bonds. The van der Waals surface area contributed by atoms with Gasteiger partial charge in [-0.1, -0.05) is 42.5 Å². The fourth-order valence-corrected chi connectivity index (χ4v) is 3.04. The van der Waals surface area contributed by atoms with Crippen LogP contribution in [0.1, 0.15) is 34.5 Å². The summed E-state index contributed by atoms with van der Waals surface area (Å²) in [5, 5.41) is 11.0. The van der Waals surface area contributed by atoms with E-state index in [-0.39, 0.29) is 30.0 Å². The lowest BCUT2D eigenvalue weighted by Gasteiger charge is -2.25. The summed E-state index contributed by atoms with van der Waals surface area (Å²) in [4.78, 5) is 37.0. The highest BCUT2D eigenvalue weighted by atomic mass is 16.6. The Morgan fingerprint density at radius 1 is 0.968 bits per heavy atom. The lowest BCUT2D eigenvalue weighted by atomic mass is 10.0. The van der Waals surface area contributed by atoms with E-state index < -0.39 is 4.92 Å². The number of nitro groups is 1. The van der Waals surface area contributed by atoms with Gasteiger partial charge in [0.05, 0.1) is 11.0 Å². The molecule has 0 aromatic heterocycles. The zero-order valence-electron chi connectivity index (χ0n) is 17.2. The van der Waals surface area contributed by atoms with Crippen LogP contribution in [0.3, 0.4) is 0 Å². The predicted molar refractivity (Wildman–Crippen MR) is 116 cm³/mol. The molecule has 7 heteroatoms. The summed E-state index contributed by atoms with van der Waals surface area (Å²) < 4.78 is 5.57. The van der Waals surface area contributed by atoms with Crippen molar-refractivity contribution >= 4 is 17.4 Å². The molecule has 7 nitrogen and oxygen atoms in total. The lowest BCUT2D eigenvalue weighted by molar-refractivity contribution is -0.384. The second-order valence-corrected chi connectivity index (χ2v) is 7.04. The molecule has 1 atom stereocenters. The minimum atomic E-state index is -0.465. The van der Waals surface area contributed by atoms with Gasteiger partial charge in [-0.25, -0.2) is 0 Å². The second-order valence-electron chi connectivity index (χ2n) is 7.04. The van der Waals surface area contributed by atoms with Gasteiger partial charge in [0.2, 0.25) is 0 Å². The Morgan fingerprint density at radius 3 is 2.26 bits per heavy atom. The van der Waals surface area contributed by atoms with Gasteiger partial charge in [-0.05, 0) is 36.8 Å². The fourth-order valence-electron chi connectivity index (χ4n) is 3.04. The highest BCUT2D eigenvalue weighted by molar-refractivity contribution is 6.08. The number of non-ortho nitro benzene ring substituents is 1. The molecule has 3 aromatic carbocycles. The maximum atomic E-state index is 12.5. The van der Waals surface area contributed by atoms with E-state index in [0.717, 1.165) is 0 Å². The third-order valence-corrected chi connectivity index (χ3v) is 5.05. The van der Waals surface area contributed by atoms with E-state index in [1.807, 2.05) is 18.2 Å². The van der Waals surface area contributed by atoms with Crippen LogP contribution in [-0.2, 0) is 4.79 Å². The van der Waals surface area contributed by atoms with Crippen molar-refractivity contribution in [3.63, 3.8) is 0 Å². The number of nitro benzene ring substituents is 1. The van der Waals surface area contributed by atoms with Gasteiger partial charge in [0.25, 0.3) is 11.6 Å². The molecule has 0 bridgehead atoms. The molecule has 0 unspecified atom stereocenters. The molecule has 0 aliphatic heterocycles. The van der Waals surface area contributed by atoms with Crippen LogP contribution in [0.25, 0.3) is 0 Å². The Kier molecular flexibility index (Phi) is 6.77. The summed E-state index contributed by atoms with van der Waals surface area (Å²) >= 11 is 0. The number of ether oxygens (including phenoxy) is 1. The van der Waals surface area contributed by atoms with E-state index in [2.05, 4.69) is 0 Å². The van der Waals surface area contributed by atoms with Crippen LogP contribution in [0.4, 0.5) is 5.69 Å². The Labute approximate surface area is 180 Å². The summed E-state index contributed by atoms with van der Waals surface area (Å²) in [5.74, 6) is 0.103. The van der Waals surface area contributed by atoms with Crippen molar-refractivity contribution in [3.8, 4) is 5.75 Å². The average Bonchev–Trinajstić information content (AvgIpc) is 2.82. The van der Waals surface area contributed by atoms with Crippen LogP contribution in [0.2, 0.25) is 0 Å². The number of nitrogens with zero attached hydrogens (tertiary/aromatic N) is 2. The maximum Gasteiger partial charge on any atom is 0.269 e. The summed E-state index contributed by atoms with van der Waals surface area (Å²) in [5.41, 5.74) is 1.77. The highest BCUT2D eigenvalue weighted by Crippen LogP contribution is 2.23. The molecule has 0 fully saturated rings. The molecule has 31 heavy (non-hydrogen) atoms. The van der Waals surface area contributed by atoms with Gasteiger partial charge >= 0.3 is 0 Å². The number of hydrogen-bond acceptors (Lipinski definition) is 5. The molecule has 0 aliphatic carbocycles. The average molecular weight is 418 g/mol. The molecule has 0 saturated heterocycles. The van der Waals surface area contributed by atoms with Crippen molar-refractivity contribution in [2.24, 2.45) is 0 Å². The molecule has 158 valence electrons. The van der Waals surface area contributed by atoms with E-state index in [0.29, 0.717) is 22.4 Å². The molecule has 0 spiro atoms. The van der Waals surface area contributed by atoms with Gasteiger partial charge in [0.1, 0.15) is 5.75 Å². The summed E-state index contributed by atoms with van der Waals surface area (Å²) in [7, 11) is 1.62. The summed E-state index contributed by atoms with van der Waals surface area (Å²) in [6, 6.07) is 21.4. The van der Waals surface area contributed by atoms with E-state index in [9.17, 15) is 19.7 Å². The van der Waals surface area contributed by atoms with E-state index in [4.69, 9.17) is 4.74 Å². The van der Waals surface area contributed by atoms with Crippen LogP contribution >= 0.6 is 0 Å². The largest absolute Gasteiger partial charge is 0.484 e. The maximum absolute atomic E-state index is 12.5. The SMILES string of the molecule is C[C@H](c1cccc([N+](=O)[O-])c1)N(C)C(=O)COc1ccc(C(=O)c2ccccc2)cc1. The van der Waals surface area contributed by atoms with Gasteiger partial charge in [0, 0.05) is 30.3 Å². The van der Waals surface area contributed by atoms with Gasteiger partial charge in [0.15, 0.2) is 12.4 Å². The molecule has 0 heterocycles. The summed E-state index contributed by atoms with van der Waals surface area (Å²) in [6.07, 6.45) is 0. The number of ketones is 1. The topological polar surface area (TPSA) is 89.8 Å². The summed E-state index contributed by atoms with van der Waals surface area (Å²) in [6.45, 7) is 1.60. The molecule has 0 saturated carbocycles. The van der Waals surface area contributed by atoms with Crippen molar-refractivity contribution in [2.45, 2.75) is 13.0 Å². The van der Waals surface area contributed by atoms with Crippen molar-refractivity contribution < 1.29 is 19.2 Å². The van der Waals surface area contributed by atoms with Crippen molar-refractivity contribution in [1.29, 1.82) is 0 Å². The van der Waals surface area contributed by atoms with Crippen molar-refractivity contribution in [1.82, 2.24) is 4.90 Å². The van der Waals surface area contributed by atoms with Crippen LogP contribution in [-0.4, -0.2) is 35.2 Å². The number of carbonyl (C=O) groups is 2. The van der Waals surface area contributed by atoms with Crippen molar-refractivity contribution in [3.05, 3.63) is 106 Å². The fraction of sp³-hybridized carbons (Fsp3) is 0.167. The first-order valence-electron chi connectivity index (χ1n) is 9.69. The first kappa shape index (κ1) is 21.7. The molecule has 0 radical (unpaired) electrons. The molecule has 3 aromatic rings. The van der Waals surface area contributed by atoms with Gasteiger partial charge in [-0.2, -0.15) is 0 Å². The zero-order chi connectivity index (χ0) is 22.4. The number of amides is 1. The Bertz CT molecular complexity index is 1080. The molecule has 3 rings (SSSR count). The molecular weight excluding hydrogens is 396 g/mol. The first-order valence-corrected chi connectivity index (χ1v) is 9.69. The van der Waals surface area contributed by atoms with Gasteiger partial charge < -0.3 is 9.64 Å². The minimum Gasteiger partial charge on any atom is -0.484 e. The number of likely N-dealkylation sites (N-methyl/N-ethyl adjacent to an activating group) is 1. The monoisotopic (exact) mass is 418 g/mol. The Balaban J connectivity index is 1.59. The Morgan fingerprint density at radius 2 is 1.61 bits per heavy atom. The third-order valence-electron chi connectivity index (χ3n) is 5.05. The van der Waals surface area contributed by atoms with Gasteiger partial charge in [-0.3, -0.25) is 19.7 Å². The number of carbonyl (C=O) groups excluding carboxylic acids is 2. The normalized spacial score (nSPS) is 11.4. The van der Waals surface area contributed by atoms with E-state index >= 15 is 0 Å². The first-order chi connectivity index (χ1) is 14.9. The number of hydrogen-bond donors (Lipinski definition) is 0. The Hall–Kier alpha value is -4.00. The lowest BCUT2D eigenvalue weighted by Crippen LogP contribution is -2.33. The molecular formula is C24H22N2O5. The van der Waals surface area contributed by atoms with Crippen LogP contribution in [0.15, 0.2) is 78.9 Å². The molecule has 0 N–H and O–H groups in total. The molecule has 0 aliphatic rings. The smallest absolute Gasteiger partial charge is 0.269 e. The zero-order valence-corrected chi connectivity index (χ0v) is 17.2. The van der Waals surface area contributed by atoms with Crippen LogP contribution in [0, 0.1) is 10.1 Å². The van der Waals surface area contributed by atoms with Crippen LogP contribution < -0.4 is 4.74 Å². The number of benzene rings is 3. The van der Waals surface area contributed by atoms with E-state index in [1.165, 1.54) is 17.0 Å². The predicted octanol–water partition coefficient (Wildman–Crippen LogP) is 4.42. The van der Waals surface area contributed by atoms with E-state index in [1.54, 1.807) is 62.5 Å². The quantitative estimate of drug-likeness (QED) is 0.307.